The van der Waals surface area contributed by atoms with Gasteiger partial charge in [-0.2, -0.15) is 5.10 Å². The van der Waals surface area contributed by atoms with Crippen molar-refractivity contribution < 1.29 is 4.74 Å². The van der Waals surface area contributed by atoms with E-state index in [1.165, 1.54) is 10.6 Å². The summed E-state index contributed by atoms with van der Waals surface area (Å²) in [5.41, 5.74) is 1.29. The van der Waals surface area contributed by atoms with Gasteiger partial charge >= 0.3 is 0 Å². The van der Waals surface area contributed by atoms with Gasteiger partial charge in [-0.3, -0.25) is 9.58 Å². The fraction of sp³-hybridized carbons (Fsp3) is 0.438. The molecule has 21 heavy (non-hydrogen) atoms. The van der Waals surface area contributed by atoms with Crippen molar-refractivity contribution in [3.05, 3.63) is 53.0 Å². The minimum absolute atomic E-state index is 0.464. The Balaban J connectivity index is 1.69. The van der Waals surface area contributed by atoms with Gasteiger partial charge in [0.25, 0.3) is 0 Å². The quantitative estimate of drug-likeness (QED) is 0.607. The third-order valence-electron chi connectivity index (χ3n) is 3.69. The lowest BCUT2D eigenvalue weighted by molar-refractivity contribution is 0.0935. The summed E-state index contributed by atoms with van der Waals surface area (Å²) >= 11 is 1.82. The number of nitrogens with zero attached hydrogens (tertiary/aromatic N) is 3. The Morgan fingerprint density at radius 2 is 2.38 bits per heavy atom. The molecule has 2 aromatic heterocycles. The smallest absolute Gasteiger partial charge is 0.0645 e. The minimum atomic E-state index is 0.464. The Hall–Kier alpha value is -1.43. The fourth-order valence-corrected chi connectivity index (χ4v) is 3.53. The van der Waals surface area contributed by atoms with Gasteiger partial charge in [-0.1, -0.05) is 12.1 Å². The Bertz CT molecular complexity index is 564. The van der Waals surface area contributed by atoms with Gasteiger partial charge in [-0.05, 0) is 17.5 Å². The van der Waals surface area contributed by atoms with Crippen LogP contribution in [0.5, 0.6) is 0 Å². The summed E-state index contributed by atoms with van der Waals surface area (Å²) in [6.07, 6.45) is 3.70. The average Bonchev–Trinajstić information content (AvgIpc) is 3.09. The second-order valence-corrected chi connectivity index (χ2v) is 6.48. The van der Waals surface area contributed by atoms with Crippen molar-refractivity contribution in [1.29, 1.82) is 0 Å². The molecule has 0 amide bonds. The molecule has 0 unspecified atom stereocenters. The molecule has 5 heteroatoms. The van der Waals surface area contributed by atoms with E-state index in [0.717, 1.165) is 32.8 Å². The molecular weight excluding hydrogens is 282 g/mol. The van der Waals surface area contributed by atoms with E-state index in [1.807, 2.05) is 17.5 Å². The maximum atomic E-state index is 5.67. The zero-order valence-electron chi connectivity index (χ0n) is 12.1. The van der Waals surface area contributed by atoms with Crippen molar-refractivity contribution in [1.82, 2.24) is 14.7 Å². The van der Waals surface area contributed by atoms with E-state index < -0.39 is 0 Å². The molecule has 0 radical (unpaired) electrons. The van der Waals surface area contributed by atoms with Crippen molar-refractivity contribution in [2.24, 2.45) is 5.92 Å². The monoisotopic (exact) mass is 303 g/mol. The third-order valence-corrected chi connectivity index (χ3v) is 4.55. The summed E-state index contributed by atoms with van der Waals surface area (Å²) in [5.74, 6) is 0.464. The number of hydrogen-bond acceptors (Lipinski definition) is 4. The molecule has 1 atom stereocenters. The minimum Gasteiger partial charge on any atom is -0.377 e. The molecule has 0 aliphatic carbocycles. The number of ether oxygens (including phenoxy) is 1. The van der Waals surface area contributed by atoms with Crippen molar-refractivity contribution in [3.63, 3.8) is 0 Å². The highest BCUT2D eigenvalue weighted by molar-refractivity contribution is 7.09. The number of fused-ring (bicyclic) bond motifs is 1. The molecule has 0 N–H and O–H groups in total. The number of hydrogen-bond donors (Lipinski definition) is 0. The standard InChI is InChI=1S/C16H21N3OS/c1-2-7-20-13-14-9-18(12-16-4-3-8-21-16)11-15-5-6-17-19(15)10-14/h2-6,8,14H,1,7,9-13H2/t14-/m0/s1. The molecule has 0 aromatic carbocycles. The van der Waals surface area contributed by atoms with Crippen LogP contribution >= 0.6 is 11.3 Å². The van der Waals surface area contributed by atoms with Crippen molar-refractivity contribution in [2.75, 3.05) is 19.8 Å². The molecule has 0 bridgehead atoms. The van der Waals surface area contributed by atoms with E-state index in [1.54, 1.807) is 6.08 Å². The van der Waals surface area contributed by atoms with E-state index >= 15 is 0 Å². The molecule has 0 saturated carbocycles. The molecule has 3 heterocycles. The first-order valence-corrected chi connectivity index (χ1v) is 8.17. The topological polar surface area (TPSA) is 30.3 Å². The SMILES string of the molecule is C=CCOC[C@H]1CN(Cc2cccs2)Cc2ccnn2C1. The summed E-state index contributed by atoms with van der Waals surface area (Å²) < 4.78 is 7.79. The number of rotatable bonds is 6. The summed E-state index contributed by atoms with van der Waals surface area (Å²) in [5, 5.41) is 6.58. The van der Waals surface area contributed by atoms with E-state index in [2.05, 4.69) is 44.8 Å². The Kier molecular flexibility index (Phi) is 4.85. The predicted molar refractivity (Wildman–Crippen MR) is 85.2 cm³/mol. The second kappa shape index (κ2) is 7.02. The summed E-state index contributed by atoms with van der Waals surface area (Å²) in [6, 6.07) is 6.44. The van der Waals surface area contributed by atoms with Crippen LogP contribution < -0.4 is 0 Å². The Labute approximate surface area is 129 Å². The van der Waals surface area contributed by atoms with Gasteiger partial charge in [-0.15, -0.1) is 17.9 Å². The molecule has 112 valence electrons. The molecule has 4 nitrogen and oxygen atoms in total. The van der Waals surface area contributed by atoms with Crippen LogP contribution in [0.2, 0.25) is 0 Å². The molecular formula is C16H21N3OS. The van der Waals surface area contributed by atoms with Crippen molar-refractivity contribution in [3.8, 4) is 0 Å². The van der Waals surface area contributed by atoms with Gasteiger partial charge in [0.2, 0.25) is 0 Å². The third kappa shape index (κ3) is 3.81. The molecule has 0 spiro atoms. The maximum Gasteiger partial charge on any atom is 0.0645 e. The van der Waals surface area contributed by atoms with Gasteiger partial charge in [0, 0.05) is 43.2 Å². The Morgan fingerprint density at radius 3 is 3.19 bits per heavy atom. The molecule has 0 fully saturated rings. The van der Waals surface area contributed by atoms with Crippen LogP contribution in [0.3, 0.4) is 0 Å². The summed E-state index contributed by atoms with van der Waals surface area (Å²) in [4.78, 5) is 3.91. The lowest BCUT2D eigenvalue weighted by atomic mass is 10.1. The normalized spacial score (nSPS) is 19.1. The highest BCUT2D eigenvalue weighted by Crippen LogP contribution is 2.20. The van der Waals surface area contributed by atoms with Gasteiger partial charge < -0.3 is 4.74 Å². The van der Waals surface area contributed by atoms with E-state index in [9.17, 15) is 0 Å². The zero-order valence-corrected chi connectivity index (χ0v) is 13.0. The largest absolute Gasteiger partial charge is 0.377 e. The molecule has 1 aliphatic rings. The van der Waals surface area contributed by atoms with Gasteiger partial charge in [-0.25, -0.2) is 0 Å². The van der Waals surface area contributed by atoms with Gasteiger partial charge in [0.05, 0.1) is 18.9 Å². The highest BCUT2D eigenvalue weighted by Gasteiger charge is 2.22. The first kappa shape index (κ1) is 14.5. The van der Waals surface area contributed by atoms with E-state index in [-0.39, 0.29) is 0 Å². The average molecular weight is 303 g/mol. The first-order valence-electron chi connectivity index (χ1n) is 7.29. The van der Waals surface area contributed by atoms with Crippen LogP contribution in [-0.4, -0.2) is 34.4 Å². The summed E-state index contributed by atoms with van der Waals surface area (Å²) in [7, 11) is 0. The number of thiophene rings is 1. The van der Waals surface area contributed by atoms with Crippen LogP contribution in [0.1, 0.15) is 10.6 Å². The molecule has 2 aromatic rings. The number of aromatic nitrogens is 2. The van der Waals surface area contributed by atoms with Crippen molar-refractivity contribution in [2.45, 2.75) is 19.6 Å². The lowest BCUT2D eigenvalue weighted by Crippen LogP contribution is -2.29. The zero-order chi connectivity index (χ0) is 14.5. The second-order valence-electron chi connectivity index (χ2n) is 5.45. The molecule has 1 aliphatic heterocycles. The van der Waals surface area contributed by atoms with Crippen LogP contribution in [0.25, 0.3) is 0 Å². The van der Waals surface area contributed by atoms with E-state index in [4.69, 9.17) is 4.74 Å². The molecule has 3 rings (SSSR count). The fourth-order valence-electron chi connectivity index (χ4n) is 2.79. The van der Waals surface area contributed by atoms with Crippen LogP contribution in [-0.2, 0) is 24.4 Å². The Morgan fingerprint density at radius 1 is 1.43 bits per heavy atom. The maximum absolute atomic E-state index is 5.67. The van der Waals surface area contributed by atoms with Crippen LogP contribution in [0.4, 0.5) is 0 Å². The van der Waals surface area contributed by atoms with Crippen LogP contribution in [0.15, 0.2) is 42.4 Å². The lowest BCUT2D eigenvalue weighted by Gasteiger charge is -2.23. The van der Waals surface area contributed by atoms with E-state index in [0.29, 0.717) is 12.5 Å². The molecule has 0 saturated heterocycles. The van der Waals surface area contributed by atoms with Crippen LogP contribution in [0, 0.1) is 5.92 Å². The van der Waals surface area contributed by atoms with Crippen molar-refractivity contribution >= 4 is 11.3 Å². The predicted octanol–water partition coefficient (Wildman–Crippen LogP) is 2.78. The van der Waals surface area contributed by atoms with Gasteiger partial charge in [0.15, 0.2) is 0 Å². The van der Waals surface area contributed by atoms with Gasteiger partial charge in [0.1, 0.15) is 0 Å². The first-order chi connectivity index (χ1) is 10.3. The summed E-state index contributed by atoms with van der Waals surface area (Å²) in [6.45, 7) is 9.00. The highest BCUT2D eigenvalue weighted by atomic mass is 32.1.